The van der Waals surface area contributed by atoms with Crippen molar-refractivity contribution in [1.82, 2.24) is 4.57 Å². The number of fused-ring (bicyclic) bond motifs is 3. The minimum absolute atomic E-state index is 0.273. The highest BCUT2D eigenvalue weighted by Gasteiger charge is 2.18. The molecule has 0 saturated carbocycles. The highest BCUT2D eigenvalue weighted by Crippen LogP contribution is 2.34. The van der Waals surface area contributed by atoms with Gasteiger partial charge in [0.2, 0.25) is 5.91 Å². The van der Waals surface area contributed by atoms with Crippen LogP contribution in [0.5, 0.6) is 0 Å². The molecule has 2 N–H and O–H groups in total. The molecule has 0 fully saturated rings. The molecule has 147 valence electrons. The van der Waals surface area contributed by atoms with Crippen molar-refractivity contribution in [3.8, 4) is 11.3 Å². The maximum atomic E-state index is 13.8. The molecule has 4 nitrogen and oxygen atoms in total. The number of aromatic nitrogens is 1. The van der Waals surface area contributed by atoms with E-state index < -0.39 is 17.5 Å². The zero-order valence-electron chi connectivity index (χ0n) is 15.7. The van der Waals surface area contributed by atoms with E-state index in [1.54, 1.807) is 30.5 Å². The molecule has 30 heavy (non-hydrogen) atoms. The number of carbonyl (C=O) groups is 1. The SMILES string of the molecule is NC(=O)c1cccc2c1c1[c]cc(-c3ccco3)cc1n2Cc1ccc(F)c(F)c1. The number of nitrogens with two attached hydrogens (primary N) is 1. The Morgan fingerprint density at radius 1 is 1.03 bits per heavy atom. The summed E-state index contributed by atoms with van der Waals surface area (Å²) in [5, 5.41) is 1.39. The van der Waals surface area contributed by atoms with Crippen molar-refractivity contribution in [3.63, 3.8) is 0 Å². The first kappa shape index (κ1) is 18.1. The molecule has 1 radical (unpaired) electrons. The summed E-state index contributed by atoms with van der Waals surface area (Å²) in [6.45, 7) is 0.273. The van der Waals surface area contributed by atoms with Crippen LogP contribution in [0.3, 0.4) is 0 Å². The van der Waals surface area contributed by atoms with Gasteiger partial charge in [0, 0.05) is 28.4 Å². The fraction of sp³-hybridized carbons (Fsp3) is 0.0417. The van der Waals surface area contributed by atoms with Gasteiger partial charge in [0.05, 0.1) is 17.3 Å². The van der Waals surface area contributed by atoms with E-state index in [0.717, 1.165) is 28.0 Å². The highest BCUT2D eigenvalue weighted by atomic mass is 19.2. The molecule has 0 aliphatic heterocycles. The molecule has 0 atom stereocenters. The maximum absolute atomic E-state index is 13.8. The van der Waals surface area contributed by atoms with E-state index in [9.17, 15) is 13.6 Å². The number of rotatable bonds is 4. The van der Waals surface area contributed by atoms with Crippen LogP contribution in [0, 0.1) is 17.7 Å². The molecule has 2 heterocycles. The number of hydrogen-bond acceptors (Lipinski definition) is 2. The number of hydrogen-bond donors (Lipinski definition) is 1. The summed E-state index contributed by atoms with van der Waals surface area (Å²) in [6, 6.07) is 19.7. The third kappa shape index (κ3) is 2.85. The predicted molar refractivity (Wildman–Crippen MR) is 110 cm³/mol. The van der Waals surface area contributed by atoms with Crippen LogP contribution < -0.4 is 5.73 Å². The van der Waals surface area contributed by atoms with E-state index >= 15 is 0 Å². The lowest BCUT2D eigenvalue weighted by Crippen LogP contribution is -2.11. The Kier molecular flexibility index (Phi) is 4.13. The number of halogens is 2. The second-order valence-electron chi connectivity index (χ2n) is 7.02. The zero-order chi connectivity index (χ0) is 20.8. The molecular formula is C24H15F2N2O2. The van der Waals surface area contributed by atoms with E-state index in [4.69, 9.17) is 10.2 Å². The van der Waals surface area contributed by atoms with Crippen LogP contribution in [0.4, 0.5) is 8.78 Å². The van der Waals surface area contributed by atoms with Gasteiger partial charge in [-0.15, -0.1) is 0 Å². The first-order valence-electron chi connectivity index (χ1n) is 9.27. The van der Waals surface area contributed by atoms with Crippen LogP contribution in [-0.4, -0.2) is 10.5 Å². The molecular weight excluding hydrogens is 386 g/mol. The fourth-order valence-corrected chi connectivity index (χ4v) is 3.84. The fourth-order valence-electron chi connectivity index (χ4n) is 3.84. The van der Waals surface area contributed by atoms with Crippen LogP contribution in [0.15, 0.2) is 71.3 Å². The van der Waals surface area contributed by atoms with E-state index in [-0.39, 0.29) is 6.54 Å². The number of furan rings is 1. The van der Waals surface area contributed by atoms with Gasteiger partial charge in [0.15, 0.2) is 11.6 Å². The molecule has 0 unspecified atom stereocenters. The summed E-state index contributed by atoms with van der Waals surface area (Å²) >= 11 is 0. The minimum Gasteiger partial charge on any atom is -0.464 e. The van der Waals surface area contributed by atoms with Crippen LogP contribution >= 0.6 is 0 Å². The normalized spacial score (nSPS) is 11.4. The van der Waals surface area contributed by atoms with Gasteiger partial charge in [-0.25, -0.2) is 8.78 Å². The Bertz CT molecular complexity index is 1420. The van der Waals surface area contributed by atoms with Crippen molar-refractivity contribution >= 4 is 27.7 Å². The van der Waals surface area contributed by atoms with E-state index in [0.29, 0.717) is 22.3 Å². The number of carbonyl (C=O) groups excluding carboxylic acids is 1. The summed E-state index contributed by atoms with van der Waals surface area (Å²) in [6.07, 6.45) is 1.58. The summed E-state index contributed by atoms with van der Waals surface area (Å²) < 4.78 is 34.6. The van der Waals surface area contributed by atoms with Crippen molar-refractivity contribution < 1.29 is 18.0 Å². The monoisotopic (exact) mass is 401 g/mol. The van der Waals surface area contributed by atoms with Crippen molar-refractivity contribution in [3.05, 3.63) is 95.8 Å². The standard InChI is InChI=1S/C24H15F2N2O2/c25-18-9-6-14(11-19(18)26)13-28-20-4-1-3-17(24(27)29)23(20)16-8-7-15(12-21(16)28)22-5-2-10-30-22/h1-7,9-12H,13H2,(H2,27,29). The summed E-state index contributed by atoms with van der Waals surface area (Å²) in [5.74, 6) is -1.68. The third-order valence-electron chi connectivity index (χ3n) is 5.19. The van der Waals surface area contributed by atoms with Gasteiger partial charge < -0.3 is 14.7 Å². The number of benzene rings is 3. The Hall–Kier alpha value is -3.93. The van der Waals surface area contributed by atoms with Gasteiger partial charge in [-0.3, -0.25) is 4.79 Å². The van der Waals surface area contributed by atoms with Gasteiger partial charge in [-0.1, -0.05) is 12.1 Å². The van der Waals surface area contributed by atoms with E-state index in [1.807, 2.05) is 22.8 Å². The van der Waals surface area contributed by atoms with Gasteiger partial charge in [-0.2, -0.15) is 0 Å². The summed E-state index contributed by atoms with van der Waals surface area (Å²) in [5.41, 5.74) is 8.90. The Morgan fingerprint density at radius 3 is 2.63 bits per heavy atom. The largest absolute Gasteiger partial charge is 0.464 e. The van der Waals surface area contributed by atoms with Crippen molar-refractivity contribution in [2.45, 2.75) is 6.54 Å². The lowest BCUT2D eigenvalue weighted by atomic mass is 10.0. The Labute approximate surface area is 170 Å². The zero-order valence-corrected chi connectivity index (χ0v) is 15.7. The smallest absolute Gasteiger partial charge is 0.249 e. The molecule has 0 aliphatic rings. The molecule has 0 aliphatic carbocycles. The number of amides is 1. The first-order valence-corrected chi connectivity index (χ1v) is 9.27. The average Bonchev–Trinajstić information content (AvgIpc) is 3.38. The first-order chi connectivity index (χ1) is 14.5. The van der Waals surface area contributed by atoms with E-state index in [2.05, 4.69) is 6.07 Å². The topological polar surface area (TPSA) is 61.2 Å². The molecule has 0 saturated heterocycles. The van der Waals surface area contributed by atoms with Crippen molar-refractivity contribution in [2.24, 2.45) is 5.73 Å². The van der Waals surface area contributed by atoms with Crippen LogP contribution in [0.25, 0.3) is 33.1 Å². The molecule has 5 aromatic rings. The number of nitrogens with zero attached hydrogens (tertiary/aromatic N) is 1. The van der Waals surface area contributed by atoms with Crippen LogP contribution in [-0.2, 0) is 6.54 Å². The molecule has 5 rings (SSSR count). The quantitative estimate of drug-likeness (QED) is 0.445. The van der Waals surface area contributed by atoms with Gasteiger partial charge in [0.25, 0.3) is 0 Å². The molecule has 0 bridgehead atoms. The van der Waals surface area contributed by atoms with Crippen molar-refractivity contribution in [2.75, 3.05) is 0 Å². The highest BCUT2D eigenvalue weighted by molar-refractivity contribution is 6.18. The second-order valence-corrected chi connectivity index (χ2v) is 7.02. The van der Waals surface area contributed by atoms with Gasteiger partial charge in [0.1, 0.15) is 5.76 Å². The van der Waals surface area contributed by atoms with Crippen molar-refractivity contribution in [1.29, 1.82) is 0 Å². The minimum atomic E-state index is -0.908. The number of primary amides is 1. The Morgan fingerprint density at radius 2 is 1.90 bits per heavy atom. The van der Waals surface area contributed by atoms with Crippen LogP contribution in [0.1, 0.15) is 15.9 Å². The summed E-state index contributed by atoms with van der Waals surface area (Å²) in [7, 11) is 0. The van der Waals surface area contributed by atoms with Gasteiger partial charge >= 0.3 is 0 Å². The van der Waals surface area contributed by atoms with E-state index in [1.165, 1.54) is 12.1 Å². The van der Waals surface area contributed by atoms with Gasteiger partial charge in [-0.05, 0) is 60.2 Å². The van der Waals surface area contributed by atoms with Crippen LogP contribution in [0.2, 0.25) is 0 Å². The lowest BCUT2D eigenvalue weighted by molar-refractivity contribution is 0.100. The molecule has 3 aromatic carbocycles. The Balaban J connectivity index is 1.80. The molecule has 0 spiro atoms. The molecule has 2 aromatic heterocycles. The average molecular weight is 401 g/mol. The molecule has 6 heteroatoms. The molecule has 1 amide bonds. The second kappa shape index (κ2) is 6.84. The summed E-state index contributed by atoms with van der Waals surface area (Å²) in [4.78, 5) is 12.1. The lowest BCUT2D eigenvalue weighted by Gasteiger charge is -2.09. The predicted octanol–water partition coefficient (Wildman–Crippen LogP) is 5.28. The third-order valence-corrected chi connectivity index (χ3v) is 5.19. The maximum Gasteiger partial charge on any atom is 0.249 e.